The molecule has 2 heterocycles. The third kappa shape index (κ3) is 3.13. The summed E-state index contributed by atoms with van der Waals surface area (Å²) in [6, 6.07) is 8.41. The molecule has 8 heteroatoms. The van der Waals surface area contributed by atoms with Crippen molar-refractivity contribution in [3.63, 3.8) is 0 Å². The quantitative estimate of drug-likeness (QED) is 0.850. The highest BCUT2D eigenvalue weighted by atomic mass is 35.5. The predicted molar refractivity (Wildman–Crippen MR) is 101 cm³/mol. The zero-order valence-corrected chi connectivity index (χ0v) is 15.3. The summed E-state index contributed by atoms with van der Waals surface area (Å²) in [6.45, 7) is 1.36. The van der Waals surface area contributed by atoms with Gasteiger partial charge in [-0.25, -0.2) is 4.79 Å². The number of urea groups is 1. The SMILES string of the molecule is N#Cc1ccc(NC(=O)N2CCn3c(c(C(N)=O)c(Cl)c3C3CC3)C2)cc1. The highest BCUT2D eigenvalue weighted by Gasteiger charge is 2.37. The fraction of sp³-hybridized carbons (Fsp3) is 0.316. The van der Waals surface area contributed by atoms with Gasteiger partial charge in [0.15, 0.2) is 0 Å². The van der Waals surface area contributed by atoms with E-state index in [1.54, 1.807) is 29.2 Å². The van der Waals surface area contributed by atoms with Crippen LogP contribution >= 0.6 is 11.6 Å². The Labute approximate surface area is 161 Å². The lowest BCUT2D eigenvalue weighted by atomic mass is 10.2. The second-order valence-electron chi connectivity index (χ2n) is 6.85. The molecule has 4 rings (SSSR count). The van der Waals surface area contributed by atoms with Gasteiger partial charge in [0.2, 0.25) is 0 Å². The fourth-order valence-corrected chi connectivity index (χ4v) is 4.02. The summed E-state index contributed by atoms with van der Waals surface area (Å²) in [6.07, 6.45) is 2.12. The summed E-state index contributed by atoms with van der Waals surface area (Å²) in [5.74, 6) is -0.187. The molecular formula is C19H18ClN5O2. The lowest BCUT2D eigenvalue weighted by Gasteiger charge is -2.30. The number of rotatable bonds is 3. The summed E-state index contributed by atoms with van der Waals surface area (Å²) in [7, 11) is 0. The van der Waals surface area contributed by atoms with E-state index >= 15 is 0 Å². The first kappa shape index (κ1) is 17.4. The number of hydrogen-bond acceptors (Lipinski definition) is 3. The second-order valence-corrected chi connectivity index (χ2v) is 7.23. The van der Waals surface area contributed by atoms with Gasteiger partial charge in [0, 0.05) is 30.4 Å². The van der Waals surface area contributed by atoms with Crippen LogP contribution in [0.5, 0.6) is 0 Å². The summed E-state index contributed by atoms with van der Waals surface area (Å²) in [4.78, 5) is 26.2. The van der Waals surface area contributed by atoms with Gasteiger partial charge in [-0.05, 0) is 37.1 Å². The predicted octanol–water partition coefficient (Wildman–Crippen LogP) is 3.04. The fourth-order valence-electron chi connectivity index (χ4n) is 3.56. The van der Waals surface area contributed by atoms with E-state index < -0.39 is 5.91 Å². The molecule has 2 aliphatic rings. The normalized spacial score (nSPS) is 15.8. The summed E-state index contributed by atoms with van der Waals surface area (Å²) < 4.78 is 2.06. The van der Waals surface area contributed by atoms with Crippen LogP contribution in [0.15, 0.2) is 24.3 Å². The molecule has 27 heavy (non-hydrogen) atoms. The van der Waals surface area contributed by atoms with Crippen molar-refractivity contribution in [2.45, 2.75) is 31.8 Å². The maximum Gasteiger partial charge on any atom is 0.322 e. The first-order valence-electron chi connectivity index (χ1n) is 8.76. The monoisotopic (exact) mass is 383 g/mol. The topological polar surface area (TPSA) is 104 Å². The Balaban J connectivity index is 1.57. The van der Waals surface area contributed by atoms with Crippen molar-refractivity contribution in [1.29, 1.82) is 5.26 Å². The number of carbonyl (C=O) groups is 2. The Morgan fingerprint density at radius 1 is 1.22 bits per heavy atom. The molecule has 1 aromatic heterocycles. The number of benzene rings is 1. The lowest BCUT2D eigenvalue weighted by Crippen LogP contribution is -2.41. The molecule has 0 spiro atoms. The molecule has 2 aromatic rings. The van der Waals surface area contributed by atoms with Crippen LogP contribution < -0.4 is 11.1 Å². The maximum absolute atomic E-state index is 12.6. The van der Waals surface area contributed by atoms with Gasteiger partial charge in [-0.1, -0.05) is 11.6 Å². The number of aromatic nitrogens is 1. The van der Waals surface area contributed by atoms with Crippen LogP contribution in [0.2, 0.25) is 5.02 Å². The average Bonchev–Trinajstić information content (AvgIpc) is 3.44. The second kappa shape index (κ2) is 6.63. The van der Waals surface area contributed by atoms with Crippen LogP contribution in [-0.2, 0) is 13.1 Å². The smallest absolute Gasteiger partial charge is 0.322 e. The first-order chi connectivity index (χ1) is 13.0. The van der Waals surface area contributed by atoms with E-state index in [4.69, 9.17) is 22.6 Å². The third-order valence-corrected chi connectivity index (χ3v) is 5.43. The molecule has 1 saturated carbocycles. The van der Waals surface area contributed by atoms with Crippen LogP contribution in [0.1, 0.15) is 46.1 Å². The zero-order chi connectivity index (χ0) is 19.1. The van der Waals surface area contributed by atoms with Crippen LogP contribution in [0.4, 0.5) is 10.5 Å². The lowest BCUT2D eigenvalue weighted by molar-refractivity contribution is 0.0997. The highest BCUT2D eigenvalue weighted by molar-refractivity contribution is 6.35. The molecule has 1 aliphatic heterocycles. The number of nitrogens with two attached hydrogens (primary N) is 1. The molecule has 0 atom stereocenters. The number of primary amides is 1. The molecule has 3 amide bonds. The molecule has 7 nitrogen and oxygen atoms in total. The zero-order valence-electron chi connectivity index (χ0n) is 14.5. The molecule has 1 aliphatic carbocycles. The number of halogens is 1. The molecular weight excluding hydrogens is 366 g/mol. The van der Waals surface area contributed by atoms with Gasteiger partial charge in [-0.15, -0.1) is 0 Å². The van der Waals surface area contributed by atoms with Crippen LogP contribution in [-0.4, -0.2) is 28.0 Å². The number of nitriles is 1. The minimum atomic E-state index is -0.565. The molecule has 0 unspecified atom stereocenters. The third-order valence-electron chi connectivity index (χ3n) is 5.05. The Morgan fingerprint density at radius 2 is 1.93 bits per heavy atom. The van der Waals surface area contributed by atoms with Gasteiger partial charge in [-0.2, -0.15) is 5.26 Å². The number of nitrogens with one attached hydrogen (secondary N) is 1. The Kier molecular flexibility index (Phi) is 4.28. The number of hydrogen-bond donors (Lipinski definition) is 2. The van der Waals surface area contributed by atoms with E-state index in [-0.39, 0.29) is 12.6 Å². The van der Waals surface area contributed by atoms with E-state index in [9.17, 15) is 9.59 Å². The maximum atomic E-state index is 12.6. The molecule has 3 N–H and O–H groups in total. The van der Waals surface area contributed by atoms with E-state index in [1.807, 2.05) is 6.07 Å². The van der Waals surface area contributed by atoms with Crippen molar-refractivity contribution in [2.24, 2.45) is 5.73 Å². The van der Waals surface area contributed by atoms with E-state index in [1.165, 1.54) is 0 Å². The number of nitrogens with zero attached hydrogens (tertiary/aromatic N) is 3. The molecule has 1 fully saturated rings. The number of amides is 3. The van der Waals surface area contributed by atoms with Crippen molar-refractivity contribution in [1.82, 2.24) is 9.47 Å². The number of fused-ring (bicyclic) bond motifs is 1. The van der Waals surface area contributed by atoms with Crippen molar-refractivity contribution in [2.75, 3.05) is 11.9 Å². The van der Waals surface area contributed by atoms with Crippen LogP contribution in [0.3, 0.4) is 0 Å². The summed E-state index contributed by atoms with van der Waals surface area (Å²) in [5.41, 5.74) is 8.70. The van der Waals surface area contributed by atoms with Gasteiger partial charge in [0.05, 0.1) is 34.5 Å². The molecule has 0 saturated heterocycles. The highest BCUT2D eigenvalue weighted by Crippen LogP contribution is 2.46. The average molecular weight is 384 g/mol. The Morgan fingerprint density at radius 3 is 2.52 bits per heavy atom. The van der Waals surface area contributed by atoms with E-state index in [0.29, 0.717) is 46.5 Å². The van der Waals surface area contributed by atoms with Gasteiger partial charge in [0.25, 0.3) is 5.91 Å². The van der Waals surface area contributed by atoms with Gasteiger partial charge in [-0.3, -0.25) is 4.79 Å². The minimum Gasteiger partial charge on any atom is -0.365 e. The number of anilines is 1. The largest absolute Gasteiger partial charge is 0.365 e. The van der Waals surface area contributed by atoms with Crippen LogP contribution in [0.25, 0.3) is 0 Å². The number of carbonyl (C=O) groups excluding carboxylic acids is 2. The van der Waals surface area contributed by atoms with E-state index in [0.717, 1.165) is 18.5 Å². The van der Waals surface area contributed by atoms with Gasteiger partial charge in [0.1, 0.15) is 0 Å². The van der Waals surface area contributed by atoms with Gasteiger partial charge >= 0.3 is 6.03 Å². The summed E-state index contributed by atoms with van der Waals surface area (Å²) in [5, 5.41) is 12.1. The first-order valence-corrected chi connectivity index (χ1v) is 9.14. The van der Waals surface area contributed by atoms with Gasteiger partial charge < -0.3 is 20.5 Å². The van der Waals surface area contributed by atoms with Crippen molar-refractivity contribution in [3.8, 4) is 6.07 Å². The standard InChI is InChI=1S/C19H18ClN5O2/c20-16-15(18(22)26)14-10-24(7-8-25(14)17(16)12-3-4-12)19(27)23-13-5-1-11(9-21)2-6-13/h1-2,5-6,12H,3-4,7-8,10H2,(H2,22,26)(H,23,27). The molecule has 0 radical (unpaired) electrons. The Hall–Kier alpha value is -2.98. The Bertz CT molecular complexity index is 969. The van der Waals surface area contributed by atoms with Crippen molar-refractivity contribution < 1.29 is 9.59 Å². The molecule has 0 bridgehead atoms. The van der Waals surface area contributed by atoms with Crippen LogP contribution in [0, 0.1) is 11.3 Å². The minimum absolute atomic E-state index is 0.271. The van der Waals surface area contributed by atoms with Crippen molar-refractivity contribution in [3.05, 3.63) is 51.8 Å². The van der Waals surface area contributed by atoms with Crippen molar-refractivity contribution >= 4 is 29.2 Å². The molecule has 1 aromatic carbocycles. The van der Waals surface area contributed by atoms with E-state index in [2.05, 4.69) is 9.88 Å². The molecule has 138 valence electrons. The summed E-state index contributed by atoms with van der Waals surface area (Å²) >= 11 is 6.47.